The number of anilines is 1. The third kappa shape index (κ3) is 2.91. The first-order chi connectivity index (χ1) is 11.3. The second-order valence-electron chi connectivity index (χ2n) is 5.64. The maximum Gasteiger partial charge on any atom is 0.180 e. The molecule has 23 heavy (non-hydrogen) atoms. The molecule has 1 aliphatic heterocycles. The molecule has 1 atom stereocenters. The number of nitrogens with one attached hydrogen (secondary N) is 1. The van der Waals surface area contributed by atoms with Crippen molar-refractivity contribution in [3.8, 4) is 0 Å². The number of benzene rings is 1. The Morgan fingerprint density at radius 2 is 2.30 bits per heavy atom. The monoisotopic (exact) mass is 328 g/mol. The quantitative estimate of drug-likeness (QED) is 0.784. The van der Waals surface area contributed by atoms with Crippen molar-refractivity contribution in [1.82, 2.24) is 14.4 Å². The van der Waals surface area contributed by atoms with Crippen molar-refractivity contribution in [3.05, 3.63) is 59.9 Å². The molecule has 0 spiro atoms. The van der Waals surface area contributed by atoms with E-state index in [1.165, 1.54) is 36.4 Å². The summed E-state index contributed by atoms with van der Waals surface area (Å²) in [6.45, 7) is 0.519. The first kappa shape index (κ1) is 14.5. The van der Waals surface area contributed by atoms with Crippen molar-refractivity contribution in [2.45, 2.75) is 24.6 Å². The van der Waals surface area contributed by atoms with Crippen LogP contribution in [0.3, 0.4) is 0 Å². The summed E-state index contributed by atoms with van der Waals surface area (Å²) in [6.07, 6.45) is 8.16. The number of halogens is 1. The molecule has 0 aliphatic carbocycles. The molecule has 0 bridgehead atoms. The molecule has 1 saturated heterocycles. The second kappa shape index (κ2) is 6.20. The van der Waals surface area contributed by atoms with Crippen LogP contribution < -0.4 is 5.32 Å². The molecule has 118 valence electrons. The number of aromatic nitrogens is 3. The number of hydrogen-bond acceptors (Lipinski definition) is 4. The van der Waals surface area contributed by atoms with E-state index in [1.807, 2.05) is 30.2 Å². The van der Waals surface area contributed by atoms with Crippen LogP contribution in [0.1, 0.15) is 29.3 Å². The fourth-order valence-electron chi connectivity index (χ4n) is 2.94. The summed E-state index contributed by atoms with van der Waals surface area (Å²) >= 11 is 1.99. The molecule has 6 heteroatoms. The van der Waals surface area contributed by atoms with Gasteiger partial charge in [-0.05, 0) is 36.3 Å². The van der Waals surface area contributed by atoms with Crippen LogP contribution in [0.5, 0.6) is 0 Å². The van der Waals surface area contributed by atoms with Crippen LogP contribution in [-0.4, -0.2) is 20.1 Å². The first-order valence-electron chi connectivity index (χ1n) is 7.73. The molecular formula is C17H17FN4S. The Morgan fingerprint density at radius 1 is 1.35 bits per heavy atom. The van der Waals surface area contributed by atoms with Crippen LogP contribution >= 0.6 is 11.8 Å². The highest BCUT2D eigenvalue weighted by molar-refractivity contribution is 7.99. The van der Waals surface area contributed by atoms with E-state index in [2.05, 4.69) is 19.7 Å². The van der Waals surface area contributed by atoms with Crippen LogP contribution in [0, 0.1) is 5.82 Å². The van der Waals surface area contributed by atoms with Crippen LogP contribution in [0.15, 0.2) is 42.9 Å². The minimum absolute atomic E-state index is 0.225. The van der Waals surface area contributed by atoms with Crippen molar-refractivity contribution >= 4 is 23.2 Å². The fourth-order valence-corrected chi connectivity index (χ4v) is 4.24. The highest BCUT2D eigenvalue weighted by atomic mass is 32.2. The Kier molecular flexibility index (Phi) is 3.91. The van der Waals surface area contributed by atoms with Crippen molar-refractivity contribution in [3.63, 3.8) is 0 Å². The fraction of sp³-hybridized carbons (Fsp3) is 0.294. The van der Waals surface area contributed by atoms with Gasteiger partial charge in [-0.3, -0.25) is 4.40 Å². The number of nitrogens with zero attached hydrogens (tertiary/aromatic N) is 3. The number of fused-ring (bicyclic) bond motifs is 1. The predicted octanol–water partition coefficient (Wildman–Crippen LogP) is 4.05. The smallest absolute Gasteiger partial charge is 0.180 e. The average Bonchev–Trinajstić information content (AvgIpc) is 3.22. The van der Waals surface area contributed by atoms with Gasteiger partial charge in [0, 0.05) is 24.2 Å². The van der Waals surface area contributed by atoms with Crippen LogP contribution in [-0.2, 0) is 6.54 Å². The normalized spacial score (nSPS) is 17.7. The summed E-state index contributed by atoms with van der Waals surface area (Å²) in [7, 11) is 0. The molecule has 0 unspecified atom stereocenters. The van der Waals surface area contributed by atoms with E-state index >= 15 is 0 Å². The molecule has 2 aromatic heterocycles. The lowest BCUT2D eigenvalue weighted by atomic mass is 10.2. The van der Waals surface area contributed by atoms with Crippen molar-refractivity contribution in [2.75, 3.05) is 11.1 Å². The Bertz CT molecular complexity index is 826. The largest absolute Gasteiger partial charge is 0.363 e. The van der Waals surface area contributed by atoms with Gasteiger partial charge in [0.15, 0.2) is 11.5 Å². The van der Waals surface area contributed by atoms with Gasteiger partial charge < -0.3 is 5.32 Å². The molecular weight excluding hydrogens is 311 g/mol. The van der Waals surface area contributed by atoms with E-state index in [-0.39, 0.29) is 5.82 Å². The lowest BCUT2D eigenvalue weighted by Gasteiger charge is -2.10. The van der Waals surface area contributed by atoms with E-state index in [1.54, 1.807) is 12.3 Å². The molecule has 3 heterocycles. The van der Waals surface area contributed by atoms with Gasteiger partial charge in [-0.2, -0.15) is 11.8 Å². The Labute approximate surface area is 138 Å². The van der Waals surface area contributed by atoms with Gasteiger partial charge in [-0.15, -0.1) is 0 Å². The first-order valence-corrected chi connectivity index (χ1v) is 8.78. The van der Waals surface area contributed by atoms with E-state index in [9.17, 15) is 4.39 Å². The molecule has 1 N–H and O–H groups in total. The van der Waals surface area contributed by atoms with Gasteiger partial charge in [-0.25, -0.2) is 14.4 Å². The molecule has 1 aromatic carbocycles. The number of imidazole rings is 1. The summed E-state index contributed by atoms with van der Waals surface area (Å²) in [5.41, 5.74) is 2.94. The molecule has 0 saturated carbocycles. The van der Waals surface area contributed by atoms with E-state index in [0.717, 1.165) is 17.0 Å². The SMILES string of the molecule is Fc1cccc(CNc2nccn3c([C@@H]4CCCS4)cnc23)c1. The summed E-state index contributed by atoms with van der Waals surface area (Å²) in [5, 5.41) is 3.78. The van der Waals surface area contributed by atoms with Gasteiger partial charge in [0.25, 0.3) is 0 Å². The topological polar surface area (TPSA) is 42.2 Å². The summed E-state index contributed by atoms with van der Waals surface area (Å²) < 4.78 is 15.4. The zero-order valence-electron chi connectivity index (χ0n) is 12.6. The zero-order valence-corrected chi connectivity index (χ0v) is 13.4. The minimum Gasteiger partial charge on any atom is -0.363 e. The van der Waals surface area contributed by atoms with Crippen molar-refractivity contribution < 1.29 is 4.39 Å². The summed E-state index contributed by atoms with van der Waals surface area (Å²) in [6, 6.07) is 6.58. The zero-order chi connectivity index (χ0) is 15.6. The Balaban J connectivity index is 1.60. The van der Waals surface area contributed by atoms with Gasteiger partial charge in [0.1, 0.15) is 5.82 Å². The molecule has 1 aliphatic rings. The van der Waals surface area contributed by atoms with E-state index < -0.39 is 0 Å². The number of rotatable bonds is 4. The lowest BCUT2D eigenvalue weighted by molar-refractivity contribution is 0.626. The summed E-state index contributed by atoms with van der Waals surface area (Å²) in [4.78, 5) is 8.93. The van der Waals surface area contributed by atoms with Crippen LogP contribution in [0.4, 0.5) is 10.2 Å². The highest BCUT2D eigenvalue weighted by Gasteiger charge is 2.21. The maximum atomic E-state index is 13.3. The number of hydrogen-bond donors (Lipinski definition) is 1. The van der Waals surface area contributed by atoms with Gasteiger partial charge in [0.05, 0.1) is 11.9 Å². The lowest BCUT2D eigenvalue weighted by Crippen LogP contribution is -2.05. The van der Waals surface area contributed by atoms with Gasteiger partial charge in [0.2, 0.25) is 0 Å². The molecule has 0 radical (unpaired) electrons. The predicted molar refractivity (Wildman–Crippen MR) is 91.1 cm³/mol. The molecule has 1 fully saturated rings. The van der Waals surface area contributed by atoms with Gasteiger partial charge >= 0.3 is 0 Å². The maximum absolute atomic E-state index is 13.3. The molecule has 3 aromatic rings. The third-order valence-electron chi connectivity index (χ3n) is 4.07. The third-order valence-corrected chi connectivity index (χ3v) is 5.47. The van der Waals surface area contributed by atoms with Crippen molar-refractivity contribution in [1.29, 1.82) is 0 Å². The molecule has 0 amide bonds. The van der Waals surface area contributed by atoms with Crippen LogP contribution in [0.2, 0.25) is 0 Å². The second-order valence-corrected chi connectivity index (χ2v) is 6.95. The highest BCUT2D eigenvalue weighted by Crippen LogP contribution is 2.40. The van der Waals surface area contributed by atoms with E-state index in [4.69, 9.17) is 0 Å². The minimum atomic E-state index is -0.225. The van der Waals surface area contributed by atoms with Crippen molar-refractivity contribution in [2.24, 2.45) is 0 Å². The molecule has 4 nitrogen and oxygen atoms in total. The Hall–Kier alpha value is -2.08. The standard InChI is InChI=1S/C17H17FN4S/c18-13-4-1-3-12(9-13)10-20-16-17-21-11-14(15-5-2-8-23-15)22(17)7-6-19-16/h1,3-4,6-7,9,11,15H,2,5,8,10H2,(H,19,20)/t15-/m0/s1. The molecule has 4 rings (SSSR count). The van der Waals surface area contributed by atoms with E-state index in [0.29, 0.717) is 11.8 Å². The average molecular weight is 328 g/mol. The van der Waals surface area contributed by atoms with Crippen LogP contribution in [0.25, 0.3) is 5.65 Å². The number of thioether (sulfide) groups is 1. The van der Waals surface area contributed by atoms with Gasteiger partial charge in [-0.1, -0.05) is 12.1 Å². The summed E-state index contributed by atoms with van der Waals surface area (Å²) in [5.74, 6) is 1.72. The Morgan fingerprint density at radius 3 is 3.13 bits per heavy atom.